The van der Waals surface area contributed by atoms with Gasteiger partial charge in [0.2, 0.25) is 0 Å². The summed E-state index contributed by atoms with van der Waals surface area (Å²) in [6, 6.07) is 21.3. The van der Waals surface area contributed by atoms with Crippen LogP contribution < -0.4 is 4.31 Å². The lowest BCUT2D eigenvalue weighted by Gasteiger charge is -2.25. The van der Waals surface area contributed by atoms with Crippen molar-refractivity contribution >= 4 is 43.9 Å². The molecular weight excluding hydrogens is 438 g/mol. The van der Waals surface area contributed by atoms with E-state index in [1.807, 2.05) is 30.3 Å². The zero-order valence-corrected chi connectivity index (χ0v) is 17.6. The summed E-state index contributed by atoms with van der Waals surface area (Å²) in [6.07, 6.45) is 1.65. The Kier molecular flexibility index (Phi) is 5.58. The second kappa shape index (κ2) is 8.33. The maximum absolute atomic E-state index is 13.6. The number of hydrogen-bond acceptors (Lipinski definition) is 5. The third kappa shape index (κ3) is 4.08. The SMILES string of the molecule is O=[N+]([O-])c1cc(S(=O)(=O)N(Cc2cccc3cccnc23)c2ccccc2)ccc1Cl. The average molecular weight is 454 g/mol. The van der Waals surface area contributed by atoms with Crippen LogP contribution in [0.2, 0.25) is 5.02 Å². The van der Waals surface area contributed by atoms with Gasteiger partial charge in [0.05, 0.1) is 27.6 Å². The Balaban J connectivity index is 1.86. The minimum atomic E-state index is -4.15. The largest absolute Gasteiger partial charge is 0.289 e. The van der Waals surface area contributed by atoms with Crippen LogP contribution in [0, 0.1) is 10.1 Å². The van der Waals surface area contributed by atoms with Gasteiger partial charge in [-0.05, 0) is 35.9 Å². The van der Waals surface area contributed by atoms with Gasteiger partial charge in [-0.15, -0.1) is 0 Å². The highest BCUT2D eigenvalue weighted by atomic mass is 35.5. The molecule has 4 aromatic rings. The van der Waals surface area contributed by atoms with Crippen LogP contribution in [0.25, 0.3) is 10.9 Å². The zero-order chi connectivity index (χ0) is 22.0. The number of rotatable bonds is 6. The minimum absolute atomic E-state index is 0.00285. The predicted molar refractivity (Wildman–Crippen MR) is 120 cm³/mol. The predicted octanol–water partition coefficient (Wildman–Crippen LogP) is 5.19. The summed E-state index contributed by atoms with van der Waals surface area (Å²) in [5.74, 6) is 0. The number of nitro groups is 1. The van der Waals surface area contributed by atoms with E-state index in [0.29, 0.717) is 16.8 Å². The number of halogens is 1. The molecular formula is C22H16ClN3O4S. The Morgan fingerprint density at radius 3 is 2.45 bits per heavy atom. The molecule has 0 spiro atoms. The van der Waals surface area contributed by atoms with Gasteiger partial charge in [-0.1, -0.05) is 54.1 Å². The highest BCUT2D eigenvalue weighted by Gasteiger charge is 2.28. The molecule has 0 unspecified atom stereocenters. The lowest BCUT2D eigenvalue weighted by molar-refractivity contribution is -0.384. The Morgan fingerprint density at radius 2 is 1.71 bits per heavy atom. The topological polar surface area (TPSA) is 93.4 Å². The number of anilines is 1. The number of nitrogens with zero attached hydrogens (tertiary/aromatic N) is 3. The van der Waals surface area contributed by atoms with Gasteiger partial charge in [-0.2, -0.15) is 0 Å². The van der Waals surface area contributed by atoms with E-state index >= 15 is 0 Å². The molecule has 0 aliphatic carbocycles. The minimum Gasteiger partial charge on any atom is -0.262 e. The van der Waals surface area contributed by atoms with Crippen molar-refractivity contribution in [3.05, 3.63) is 106 Å². The van der Waals surface area contributed by atoms with Gasteiger partial charge in [0.25, 0.3) is 15.7 Å². The van der Waals surface area contributed by atoms with Crippen LogP contribution in [0.1, 0.15) is 5.56 Å². The molecule has 0 atom stereocenters. The highest BCUT2D eigenvalue weighted by molar-refractivity contribution is 7.92. The molecule has 0 aliphatic rings. The van der Waals surface area contributed by atoms with E-state index in [2.05, 4.69) is 4.98 Å². The first-order valence-corrected chi connectivity index (χ1v) is 11.0. The molecule has 0 saturated heterocycles. The van der Waals surface area contributed by atoms with E-state index < -0.39 is 20.6 Å². The summed E-state index contributed by atoms with van der Waals surface area (Å²) in [5.41, 5.74) is 1.34. The van der Waals surface area contributed by atoms with E-state index in [-0.39, 0.29) is 16.5 Å². The lowest BCUT2D eigenvalue weighted by atomic mass is 10.1. The molecule has 31 heavy (non-hydrogen) atoms. The molecule has 1 aromatic heterocycles. The van der Waals surface area contributed by atoms with Crippen molar-refractivity contribution in [1.82, 2.24) is 4.98 Å². The first kappa shape index (κ1) is 20.8. The molecule has 0 fully saturated rings. The van der Waals surface area contributed by atoms with Crippen LogP contribution in [0.15, 0.2) is 90.0 Å². The second-order valence-corrected chi connectivity index (χ2v) is 8.98. The summed E-state index contributed by atoms with van der Waals surface area (Å²) in [4.78, 5) is 14.8. The molecule has 0 N–H and O–H groups in total. The summed E-state index contributed by atoms with van der Waals surface area (Å²) < 4.78 is 28.4. The fourth-order valence-corrected chi connectivity index (χ4v) is 4.93. The molecule has 0 saturated carbocycles. The molecule has 4 rings (SSSR count). The molecule has 9 heteroatoms. The van der Waals surface area contributed by atoms with Gasteiger partial charge < -0.3 is 0 Å². The monoisotopic (exact) mass is 453 g/mol. The van der Waals surface area contributed by atoms with Crippen LogP contribution in [0.5, 0.6) is 0 Å². The molecule has 0 aliphatic heterocycles. The number of nitro benzene ring substituents is 1. The fraction of sp³-hybridized carbons (Fsp3) is 0.0455. The van der Waals surface area contributed by atoms with E-state index in [9.17, 15) is 18.5 Å². The maximum Gasteiger partial charge on any atom is 0.289 e. The van der Waals surface area contributed by atoms with Gasteiger partial charge in [0.1, 0.15) is 5.02 Å². The van der Waals surface area contributed by atoms with Crippen molar-refractivity contribution in [2.24, 2.45) is 0 Å². The van der Waals surface area contributed by atoms with Crippen LogP contribution >= 0.6 is 11.6 Å². The van der Waals surface area contributed by atoms with Crippen molar-refractivity contribution in [1.29, 1.82) is 0 Å². The summed E-state index contributed by atoms with van der Waals surface area (Å²) in [6.45, 7) is -0.00285. The van der Waals surface area contributed by atoms with Crippen molar-refractivity contribution in [3.8, 4) is 0 Å². The van der Waals surface area contributed by atoms with Gasteiger partial charge in [0.15, 0.2) is 0 Å². The standard InChI is InChI=1S/C22H16ClN3O4S/c23-20-12-11-19(14-21(20)26(27)28)31(29,30)25(18-9-2-1-3-10-18)15-17-7-4-6-16-8-5-13-24-22(16)17/h1-14H,15H2. The number of pyridine rings is 1. The van der Waals surface area contributed by atoms with Crippen molar-refractivity contribution < 1.29 is 13.3 Å². The van der Waals surface area contributed by atoms with Gasteiger partial charge >= 0.3 is 0 Å². The average Bonchev–Trinajstić information content (AvgIpc) is 2.78. The van der Waals surface area contributed by atoms with E-state index in [0.717, 1.165) is 11.5 Å². The Morgan fingerprint density at radius 1 is 0.968 bits per heavy atom. The lowest BCUT2D eigenvalue weighted by Crippen LogP contribution is -2.30. The zero-order valence-electron chi connectivity index (χ0n) is 16.1. The van der Waals surface area contributed by atoms with Gasteiger partial charge in [-0.3, -0.25) is 19.4 Å². The Hall–Kier alpha value is -3.49. The van der Waals surface area contributed by atoms with Crippen LogP contribution in [-0.4, -0.2) is 18.3 Å². The summed E-state index contributed by atoms with van der Waals surface area (Å²) >= 11 is 5.87. The first-order valence-electron chi connectivity index (χ1n) is 9.22. The Bertz CT molecular complexity index is 1370. The molecule has 0 amide bonds. The van der Waals surface area contributed by atoms with Gasteiger partial charge in [-0.25, -0.2) is 8.42 Å². The van der Waals surface area contributed by atoms with E-state index in [4.69, 9.17) is 11.6 Å². The van der Waals surface area contributed by atoms with Crippen molar-refractivity contribution in [3.63, 3.8) is 0 Å². The van der Waals surface area contributed by atoms with Crippen LogP contribution in [0.3, 0.4) is 0 Å². The van der Waals surface area contributed by atoms with Crippen LogP contribution in [0.4, 0.5) is 11.4 Å². The first-order chi connectivity index (χ1) is 14.9. The summed E-state index contributed by atoms with van der Waals surface area (Å²) in [5, 5.41) is 12.0. The normalized spacial score (nSPS) is 11.4. The highest BCUT2D eigenvalue weighted by Crippen LogP contribution is 2.32. The molecule has 1 heterocycles. The molecule has 156 valence electrons. The number of sulfonamides is 1. The van der Waals surface area contributed by atoms with E-state index in [1.54, 1.807) is 36.5 Å². The second-order valence-electron chi connectivity index (χ2n) is 6.71. The Labute approximate surface area is 183 Å². The third-order valence-electron chi connectivity index (χ3n) is 4.78. The van der Waals surface area contributed by atoms with E-state index in [1.165, 1.54) is 16.4 Å². The quantitative estimate of drug-likeness (QED) is 0.296. The fourth-order valence-electron chi connectivity index (χ4n) is 3.28. The summed E-state index contributed by atoms with van der Waals surface area (Å²) in [7, 11) is -4.15. The number of hydrogen-bond donors (Lipinski definition) is 0. The number of benzene rings is 3. The molecule has 3 aromatic carbocycles. The van der Waals surface area contributed by atoms with Crippen molar-refractivity contribution in [2.45, 2.75) is 11.4 Å². The van der Waals surface area contributed by atoms with Crippen molar-refractivity contribution in [2.75, 3.05) is 4.31 Å². The number of fused-ring (bicyclic) bond motifs is 1. The molecule has 0 radical (unpaired) electrons. The molecule has 7 nitrogen and oxygen atoms in total. The number of aromatic nitrogens is 1. The third-order valence-corrected chi connectivity index (χ3v) is 6.87. The van der Waals surface area contributed by atoms with Crippen LogP contribution in [-0.2, 0) is 16.6 Å². The number of para-hydroxylation sites is 2. The maximum atomic E-state index is 13.6. The smallest absolute Gasteiger partial charge is 0.262 e. The van der Waals surface area contributed by atoms with Gasteiger partial charge in [0, 0.05) is 17.6 Å². The molecule has 0 bridgehead atoms.